The lowest BCUT2D eigenvalue weighted by atomic mass is 9.87. The molecule has 1 atom stereocenters. The van der Waals surface area contributed by atoms with E-state index in [-0.39, 0.29) is 0 Å². The van der Waals surface area contributed by atoms with Crippen LogP contribution in [0, 0.1) is 0 Å². The van der Waals surface area contributed by atoms with Crippen LogP contribution in [0.3, 0.4) is 0 Å². The minimum absolute atomic E-state index is 0.353. The third-order valence-electron chi connectivity index (χ3n) is 3.95. The van der Waals surface area contributed by atoms with Crippen molar-refractivity contribution in [2.24, 2.45) is 0 Å². The van der Waals surface area contributed by atoms with Crippen LogP contribution in [0.4, 0.5) is 11.4 Å². The average molecular weight is 282 g/mol. The largest absolute Gasteiger partial charge is 0.494 e. The Labute approximate surface area is 126 Å². The zero-order valence-corrected chi connectivity index (χ0v) is 12.4. The molecule has 0 bridgehead atoms. The van der Waals surface area contributed by atoms with Gasteiger partial charge in [-0.1, -0.05) is 24.3 Å². The van der Waals surface area contributed by atoms with Crippen molar-refractivity contribution in [1.82, 2.24) is 0 Å². The van der Waals surface area contributed by atoms with Crippen LogP contribution >= 0.6 is 0 Å². The van der Waals surface area contributed by atoms with E-state index in [2.05, 4.69) is 29.6 Å². The summed E-state index contributed by atoms with van der Waals surface area (Å²) in [5, 5.41) is 3.62. The van der Waals surface area contributed by atoms with Gasteiger partial charge in [-0.25, -0.2) is 0 Å². The van der Waals surface area contributed by atoms with E-state index in [0.29, 0.717) is 12.6 Å². The first-order chi connectivity index (χ1) is 10.3. The Kier molecular flexibility index (Phi) is 4.00. The number of anilines is 2. The molecular formula is C18H22N2O. The number of hydrogen-bond donors (Lipinski definition) is 2. The van der Waals surface area contributed by atoms with E-state index in [1.165, 1.54) is 24.0 Å². The van der Waals surface area contributed by atoms with Gasteiger partial charge in [-0.3, -0.25) is 0 Å². The van der Waals surface area contributed by atoms with Crippen molar-refractivity contribution in [2.75, 3.05) is 17.7 Å². The maximum Gasteiger partial charge on any atom is 0.123 e. The fraction of sp³-hybridized carbons (Fsp3) is 0.333. The van der Waals surface area contributed by atoms with Gasteiger partial charge >= 0.3 is 0 Å². The predicted octanol–water partition coefficient (Wildman–Crippen LogP) is 4.16. The molecule has 2 aromatic rings. The Morgan fingerprint density at radius 3 is 2.95 bits per heavy atom. The summed E-state index contributed by atoms with van der Waals surface area (Å²) in [6, 6.07) is 14.9. The second-order valence-electron chi connectivity index (χ2n) is 5.51. The van der Waals surface area contributed by atoms with Crippen LogP contribution in [0.15, 0.2) is 42.5 Å². The number of hydrogen-bond acceptors (Lipinski definition) is 3. The van der Waals surface area contributed by atoms with E-state index in [0.717, 1.165) is 23.5 Å². The second-order valence-corrected chi connectivity index (χ2v) is 5.51. The van der Waals surface area contributed by atoms with Crippen molar-refractivity contribution in [3.63, 3.8) is 0 Å². The normalized spacial score (nSPS) is 17.1. The first-order valence-electron chi connectivity index (χ1n) is 7.64. The van der Waals surface area contributed by atoms with Gasteiger partial charge in [0.15, 0.2) is 0 Å². The van der Waals surface area contributed by atoms with E-state index in [1.54, 1.807) is 0 Å². The van der Waals surface area contributed by atoms with Crippen LogP contribution in [-0.4, -0.2) is 6.61 Å². The molecule has 0 saturated carbocycles. The smallest absolute Gasteiger partial charge is 0.123 e. The van der Waals surface area contributed by atoms with Crippen LogP contribution in [0.5, 0.6) is 5.75 Å². The lowest BCUT2D eigenvalue weighted by molar-refractivity contribution is 0.340. The fourth-order valence-corrected chi connectivity index (χ4v) is 3.06. The number of ether oxygens (including phenoxy) is 1. The minimum Gasteiger partial charge on any atom is -0.494 e. The Hall–Kier alpha value is -2.16. The van der Waals surface area contributed by atoms with Crippen LogP contribution in [0.2, 0.25) is 0 Å². The molecule has 3 heteroatoms. The fourth-order valence-electron chi connectivity index (χ4n) is 3.06. The molecule has 1 aliphatic rings. The molecule has 3 N–H and O–H groups in total. The summed E-state index contributed by atoms with van der Waals surface area (Å²) in [4.78, 5) is 0. The second kappa shape index (κ2) is 6.08. The van der Waals surface area contributed by atoms with Gasteiger partial charge in [-0.15, -0.1) is 0 Å². The Bertz CT molecular complexity index is 624. The van der Waals surface area contributed by atoms with Crippen LogP contribution in [-0.2, 0) is 6.42 Å². The van der Waals surface area contributed by atoms with Crippen molar-refractivity contribution in [3.8, 4) is 5.75 Å². The van der Waals surface area contributed by atoms with Crippen molar-refractivity contribution in [3.05, 3.63) is 53.6 Å². The summed E-state index contributed by atoms with van der Waals surface area (Å²) in [7, 11) is 0. The zero-order valence-electron chi connectivity index (χ0n) is 12.4. The molecule has 110 valence electrons. The number of nitrogens with one attached hydrogen (secondary N) is 1. The van der Waals surface area contributed by atoms with E-state index >= 15 is 0 Å². The van der Waals surface area contributed by atoms with Gasteiger partial charge in [0.05, 0.1) is 12.6 Å². The molecule has 0 radical (unpaired) electrons. The number of nitrogens with two attached hydrogens (primary N) is 1. The molecule has 0 fully saturated rings. The van der Waals surface area contributed by atoms with E-state index < -0.39 is 0 Å². The Morgan fingerprint density at radius 2 is 2.10 bits per heavy atom. The Morgan fingerprint density at radius 1 is 1.24 bits per heavy atom. The van der Waals surface area contributed by atoms with Gasteiger partial charge in [0.2, 0.25) is 0 Å². The summed E-state index contributed by atoms with van der Waals surface area (Å²) >= 11 is 0. The van der Waals surface area contributed by atoms with Crippen LogP contribution in [0.1, 0.15) is 36.9 Å². The molecule has 3 nitrogen and oxygen atoms in total. The van der Waals surface area contributed by atoms with Gasteiger partial charge in [0.1, 0.15) is 5.75 Å². The Balaban J connectivity index is 1.84. The van der Waals surface area contributed by atoms with Crippen molar-refractivity contribution >= 4 is 11.4 Å². The average Bonchev–Trinajstić information content (AvgIpc) is 2.47. The monoisotopic (exact) mass is 282 g/mol. The van der Waals surface area contributed by atoms with E-state index in [9.17, 15) is 0 Å². The zero-order chi connectivity index (χ0) is 14.7. The summed E-state index contributed by atoms with van der Waals surface area (Å²) in [6.45, 7) is 2.63. The number of benzene rings is 2. The predicted molar refractivity (Wildman–Crippen MR) is 87.8 cm³/mol. The summed E-state index contributed by atoms with van der Waals surface area (Å²) in [5.41, 5.74) is 10.6. The van der Waals surface area contributed by atoms with Gasteiger partial charge in [0.25, 0.3) is 0 Å². The maximum atomic E-state index is 5.97. The highest BCUT2D eigenvalue weighted by atomic mass is 16.5. The van der Waals surface area contributed by atoms with Gasteiger partial charge in [-0.05, 0) is 43.4 Å². The quantitative estimate of drug-likeness (QED) is 0.828. The molecule has 1 aliphatic carbocycles. The lowest BCUT2D eigenvalue weighted by Crippen LogP contribution is -2.17. The SMILES string of the molecule is CCOc1cc(N)cc(NC2CCCc3ccccc32)c1. The first kappa shape index (κ1) is 13.8. The third kappa shape index (κ3) is 3.13. The molecule has 0 heterocycles. The number of aryl methyl sites for hydroxylation is 1. The molecular weight excluding hydrogens is 260 g/mol. The highest BCUT2D eigenvalue weighted by Gasteiger charge is 2.19. The minimum atomic E-state index is 0.353. The molecule has 0 aromatic heterocycles. The highest BCUT2D eigenvalue weighted by Crippen LogP contribution is 2.33. The van der Waals surface area contributed by atoms with E-state index in [1.807, 2.05) is 25.1 Å². The molecule has 21 heavy (non-hydrogen) atoms. The first-order valence-corrected chi connectivity index (χ1v) is 7.64. The summed E-state index contributed by atoms with van der Waals surface area (Å²) in [6.07, 6.45) is 3.54. The molecule has 0 aliphatic heterocycles. The van der Waals surface area contributed by atoms with E-state index in [4.69, 9.17) is 10.5 Å². The topological polar surface area (TPSA) is 47.3 Å². The van der Waals surface area contributed by atoms with Crippen molar-refractivity contribution in [2.45, 2.75) is 32.2 Å². The molecule has 0 amide bonds. The number of fused-ring (bicyclic) bond motifs is 1. The van der Waals surface area contributed by atoms with Crippen molar-refractivity contribution in [1.29, 1.82) is 0 Å². The van der Waals surface area contributed by atoms with Gasteiger partial charge in [-0.2, -0.15) is 0 Å². The maximum absolute atomic E-state index is 5.97. The van der Waals surface area contributed by atoms with Crippen LogP contribution in [0.25, 0.3) is 0 Å². The molecule has 2 aromatic carbocycles. The standard InChI is InChI=1S/C18H22N2O/c1-2-21-16-11-14(19)10-15(12-16)20-18-9-5-7-13-6-3-4-8-17(13)18/h3-4,6,8,10-12,18,20H,2,5,7,9,19H2,1H3. The summed E-state index contributed by atoms with van der Waals surface area (Å²) < 4.78 is 5.57. The molecule has 0 saturated heterocycles. The molecule has 1 unspecified atom stereocenters. The van der Waals surface area contributed by atoms with Gasteiger partial charge in [0, 0.05) is 23.5 Å². The number of nitrogen functional groups attached to an aromatic ring is 1. The summed E-state index contributed by atoms with van der Waals surface area (Å²) in [5.74, 6) is 0.823. The number of rotatable bonds is 4. The third-order valence-corrected chi connectivity index (χ3v) is 3.95. The van der Waals surface area contributed by atoms with Gasteiger partial charge < -0.3 is 15.8 Å². The highest BCUT2D eigenvalue weighted by molar-refractivity contribution is 5.60. The lowest BCUT2D eigenvalue weighted by Gasteiger charge is -2.27. The van der Waals surface area contributed by atoms with Crippen molar-refractivity contribution < 1.29 is 4.74 Å². The molecule has 0 spiro atoms. The molecule has 3 rings (SSSR count). The van der Waals surface area contributed by atoms with Crippen LogP contribution < -0.4 is 15.8 Å².